The number of nitrogens with one attached hydrogen (secondary N) is 2. The summed E-state index contributed by atoms with van der Waals surface area (Å²) in [5.41, 5.74) is 3.02. The number of aryl methyl sites for hydroxylation is 1. The molecule has 3 aromatic carbocycles. The van der Waals surface area contributed by atoms with Crippen molar-refractivity contribution in [1.82, 2.24) is 0 Å². The van der Waals surface area contributed by atoms with Crippen molar-refractivity contribution in [2.75, 3.05) is 15.5 Å². The zero-order valence-electron chi connectivity index (χ0n) is 17.8. The number of rotatable bonds is 5. The van der Waals surface area contributed by atoms with E-state index in [0.29, 0.717) is 21.8 Å². The lowest BCUT2D eigenvalue weighted by molar-refractivity contribution is -0.120. The Kier molecular flexibility index (Phi) is 5.98. The van der Waals surface area contributed by atoms with Crippen LogP contribution in [0, 0.1) is 19.7 Å². The van der Waals surface area contributed by atoms with Crippen LogP contribution in [0.2, 0.25) is 0 Å². The van der Waals surface area contributed by atoms with Crippen LogP contribution in [0.5, 0.6) is 0 Å². The van der Waals surface area contributed by atoms with E-state index in [-0.39, 0.29) is 22.3 Å². The second-order valence-electron chi connectivity index (χ2n) is 7.49. The number of carbonyl (C=O) groups is 3. The average molecular weight is 464 g/mol. The van der Waals surface area contributed by atoms with Crippen LogP contribution in [0.3, 0.4) is 0 Å². The van der Waals surface area contributed by atoms with Crippen molar-refractivity contribution in [2.24, 2.45) is 0 Å². The smallest absolute Gasteiger partial charge is 0.283 e. The van der Waals surface area contributed by atoms with E-state index in [1.807, 2.05) is 32.0 Å². The van der Waals surface area contributed by atoms with E-state index in [1.54, 1.807) is 18.2 Å². The van der Waals surface area contributed by atoms with Gasteiger partial charge in [0.1, 0.15) is 16.5 Å². The van der Waals surface area contributed by atoms with Crippen LogP contribution in [-0.2, 0) is 9.59 Å². The van der Waals surface area contributed by atoms with Crippen LogP contribution in [0.25, 0.3) is 0 Å². The fourth-order valence-electron chi connectivity index (χ4n) is 3.43. The molecular formula is C25H19ClFN3O3. The molecule has 166 valence electrons. The summed E-state index contributed by atoms with van der Waals surface area (Å²) in [6.07, 6.45) is 0. The van der Waals surface area contributed by atoms with Gasteiger partial charge in [-0.05, 0) is 61.4 Å². The quantitative estimate of drug-likeness (QED) is 0.514. The van der Waals surface area contributed by atoms with Gasteiger partial charge in [0.15, 0.2) is 0 Å². The maximum Gasteiger partial charge on any atom is 0.283 e. The predicted octanol–water partition coefficient (Wildman–Crippen LogP) is 5.13. The van der Waals surface area contributed by atoms with Crippen LogP contribution in [0.1, 0.15) is 21.5 Å². The summed E-state index contributed by atoms with van der Waals surface area (Å²) < 4.78 is 14.2. The number of halogens is 2. The molecule has 4 rings (SSSR count). The minimum Gasteiger partial charge on any atom is -0.350 e. The number of hydrogen-bond donors (Lipinski definition) is 2. The molecule has 0 unspecified atom stereocenters. The Morgan fingerprint density at radius 2 is 1.67 bits per heavy atom. The second kappa shape index (κ2) is 8.88. The molecule has 33 heavy (non-hydrogen) atoms. The van der Waals surface area contributed by atoms with Gasteiger partial charge in [-0.25, -0.2) is 9.29 Å². The third kappa shape index (κ3) is 4.23. The number of anilines is 3. The summed E-state index contributed by atoms with van der Waals surface area (Å²) in [6.45, 7) is 3.87. The first-order chi connectivity index (χ1) is 15.8. The van der Waals surface area contributed by atoms with Crippen LogP contribution >= 0.6 is 11.6 Å². The lowest BCUT2D eigenvalue weighted by Gasteiger charge is -2.16. The zero-order chi connectivity index (χ0) is 23.7. The third-order valence-corrected chi connectivity index (χ3v) is 5.72. The lowest BCUT2D eigenvalue weighted by atomic mass is 10.1. The third-order valence-electron chi connectivity index (χ3n) is 5.37. The van der Waals surface area contributed by atoms with Gasteiger partial charge in [-0.1, -0.05) is 41.9 Å². The van der Waals surface area contributed by atoms with E-state index in [0.717, 1.165) is 17.2 Å². The molecular weight excluding hydrogens is 445 g/mol. The minimum absolute atomic E-state index is 0.191. The van der Waals surface area contributed by atoms with Gasteiger partial charge in [-0.2, -0.15) is 0 Å². The van der Waals surface area contributed by atoms with Crippen molar-refractivity contribution in [3.05, 3.63) is 100.0 Å². The molecule has 0 aromatic heterocycles. The number of amides is 3. The van der Waals surface area contributed by atoms with Gasteiger partial charge in [-0.15, -0.1) is 0 Å². The topological polar surface area (TPSA) is 78.5 Å². The molecule has 1 aliphatic heterocycles. The lowest BCUT2D eigenvalue weighted by Crippen LogP contribution is -2.33. The molecule has 3 amide bonds. The van der Waals surface area contributed by atoms with Crippen LogP contribution in [0.4, 0.5) is 21.5 Å². The molecule has 0 radical (unpaired) electrons. The Balaban J connectivity index is 1.56. The fraction of sp³-hybridized carbons (Fsp3) is 0.0800. The number of nitrogens with zero attached hydrogens (tertiary/aromatic N) is 1. The summed E-state index contributed by atoms with van der Waals surface area (Å²) in [6, 6.07) is 17.4. The Morgan fingerprint density at radius 3 is 2.42 bits per heavy atom. The van der Waals surface area contributed by atoms with Crippen molar-refractivity contribution in [2.45, 2.75) is 13.8 Å². The van der Waals surface area contributed by atoms with Gasteiger partial charge in [0.2, 0.25) is 0 Å². The average Bonchev–Trinajstić information content (AvgIpc) is 3.00. The molecule has 0 bridgehead atoms. The highest BCUT2D eigenvalue weighted by atomic mass is 35.5. The molecule has 1 heterocycles. The highest BCUT2D eigenvalue weighted by molar-refractivity contribution is 6.53. The van der Waals surface area contributed by atoms with E-state index in [2.05, 4.69) is 10.6 Å². The molecule has 0 atom stereocenters. The first-order valence-corrected chi connectivity index (χ1v) is 10.4. The molecule has 0 saturated heterocycles. The summed E-state index contributed by atoms with van der Waals surface area (Å²) in [4.78, 5) is 38.9. The van der Waals surface area contributed by atoms with Crippen molar-refractivity contribution in [3.8, 4) is 0 Å². The zero-order valence-corrected chi connectivity index (χ0v) is 18.5. The maximum atomic E-state index is 14.2. The van der Waals surface area contributed by atoms with Gasteiger partial charge >= 0.3 is 0 Å². The Hall–Kier alpha value is -3.97. The predicted molar refractivity (Wildman–Crippen MR) is 126 cm³/mol. The van der Waals surface area contributed by atoms with Crippen molar-refractivity contribution in [1.29, 1.82) is 0 Å². The van der Waals surface area contributed by atoms with Crippen molar-refractivity contribution >= 4 is 46.4 Å². The van der Waals surface area contributed by atoms with Crippen molar-refractivity contribution < 1.29 is 18.8 Å². The normalized spacial score (nSPS) is 13.5. The molecule has 8 heteroatoms. The summed E-state index contributed by atoms with van der Waals surface area (Å²) in [5, 5.41) is 5.31. The Bertz CT molecular complexity index is 1340. The highest BCUT2D eigenvalue weighted by Gasteiger charge is 2.40. The second-order valence-corrected chi connectivity index (χ2v) is 7.87. The number of benzene rings is 3. The Labute approximate surface area is 194 Å². The summed E-state index contributed by atoms with van der Waals surface area (Å²) in [5.74, 6) is -2.69. The molecule has 0 spiro atoms. The molecule has 2 N–H and O–H groups in total. The van der Waals surface area contributed by atoms with Crippen LogP contribution < -0.4 is 15.5 Å². The summed E-state index contributed by atoms with van der Waals surface area (Å²) >= 11 is 6.12. The molecule has 3 aromatic rings. The number of imide groups is 1. The number of carbonyl (C=O) groups excluding carboxylic acids is 3. The molecule has 0 aliphatic carbocycles. The standard InChI is InChI=1S/C25H19ClFN3O3/c1-14-7-5-11-19(15(14)2)29-23(31)16-8-6-9-17(13-16)28-22-21(26)24(32)30(25(22)33)20-12-4-3-10-18(20)27/h3-13,28H,1-2H3,(H,29,31). The van der Waals surface area contributed by atoms with Gasteiger partial charge in [-0.3, -0.25) is 14.4 Å². The molecule has 0 fully saturated rings. The molecule has 0 saturated carbocycles. The van der Waals surface area contributed by atoms with E-state index in [4.69, 9.17) is 11.6 Å². The van der Waals surface area contributed by atoms with Gasteiger partial charge < -0.3 is 10.6 Å². The van der Waals surface area contributed by atoms with Gasteiger partial charge in [0, 0.05) is 16.9 Å². The first kappa shape index (κ1) is 22.2. The molecule has 1 aliphatic rings. The maximum absolute atomic E-state index is 14.2. The monoisotopic (exact) mass is 463 g/mol. The van der Waals surface area contributed by atoms with E-state index in [9.17, 15) is 18.8 Å². The Morgan fingerprint density at radius 1 is 0.939 bits per heavy atom. The van der Waals surface area contributed by atoms with Gasteiger partial charge in [0.05, 0.1) is 5.69 Å². The van der Waals surface area contributed by atoms with Crippen LogP contribution in [-0.4, -0.2) is 17.7 Å². The van der Waals surface area contributed by atoms with E-state index in [1.165, 1.54) is 24.3 Å². The fourth-order valence-corrected chi connectivity index (χ4v) is 3.64. The van der Waals surface area contributed by atoms with Crippen LogP contribution in [0.15, 0.2) is 77.5 Å². The largest absolute Gasteiger partial charge is 0.350 e. The van der Waals surface area contributed by atoms with Crippen molar-refractivity contribution in [3.63, 3.8) is 0 Å². The number of para-hydroxylation sites is 1. The number of hydrogen-bond acceptors (Lipinski definition) is 4. The van der Waals surface area contributed by atoms with Gasteiger partial charge in [0.25, 0.3) is 17.7 Å². The molecule has 6 nitrogen and oxygen atoms in total. The van der Waals surface area contributed by atoms with E-state index >= 15 is 0 Å². The SMILES string of the molecule is Cc1cccc(NC(=O)c2cccc(NC3=C(Cl)C(=O)N(c4ccccc4F)C3=O)c2)c1C. The first-order valence-electron chi connectivity index (χ1n) is 10.1. The van der Waals surface area contributed by atoms with E-state index < -0.39 is 17.6 Å². The summed E-state index contributed by atoms with van der Waals surface area (Å²) in [7, 11) is 0. The minimum atomic E-state index is -0.835. The highest BCUT2D eigenvalue weighted by Crippen LogP contribution is 2.31.